The van der Waals surface area contributed by atoms with Gasteiger partial charge >= 0.3 is 5.97 Å². The van der Waals surface area contributed by atoms with Crippen LogP contribution in [0.5, 0.6) is 5.75 Å². The average Bonchev–Trinajstić information content (AvgIpc) is 2.52. The first-order valence-corrected chi connectivity index (χ1v) is 6.48. The van der Waals surface area contributed by atoms with E-state index in [2.05, 4.69) is 5.73 Å². The van der Waals surface area contributed by atoms with E-state index in [9.17, 15) is 4.79 Å². The standard InChI is InChI=1S/C14H22N4O3/c1-20-12-5-3-10(4-6-12)7-13(14(19)21-2)18(17)9-11(16)8-15/h3-6,9,13H,7-8,15-17H2,1-2H3/p+1/b11-9-/t13-/m0/s1. The second-order valence-electron chi connectivity index (χ2n) is 4.53. The van der Waals surface area contributed by atoms with Gasteiger partial charge in [-0.2, -0.15) is 0 Å². The Morgan fingerprint density at radius 3 is 2.48 bits per heavy atom. The highest BCUT2D eigenvalue weighted by Gasteiger charge is 2.24. The Kier molecular flexibility index (Phi) is 6.67. The Morgan fingerprint density at radius 1 is 1.38 bits per heavy atom. The third kappa shape index (κ3) is 5.07. The molecule has 0 spiro atoms. The first-order valence-electron chi connectivity index (χ1n) is 6.48. The quantitative estimate of drug-likeness (QED) is 0.337. The highest BCUT2D eigenvalue weighted by atomic mass is 16.5. The van der Waals surface area contributed by atoms with Crippen molar-refractivity contribution in [3.8, 4) is 5.75 Å². The van der Waals surface area contributed by atoms with Crippen molar-refractivity contribution < 1.29 is 20.0 Å². The lowest BCUT2D eigenvalue weighted by molar-refractivity contribution is -0.305. The van der Waals surface area contributed by atoms with E-state index in [0.717, 1.165) is 11.3 Å². The minimum absolute atomic E-state index is 0.268. The normalized spacial score (nSPS) is 12.7. The molecule has 1 aromatic carbocycles. The van der Waals surface area contributed by atoms with Gasteiger partial charge in [-0.3, -0.25) is 5.01 Å². The van der Waals surface area contributed by atoms with E-state index in [1.54, 1.807) is 13.3 Å². The van der Waals surface area contributed by atoms with Crippen LogP contribution in [0, 0.1) is 0 Å². The minimum Gasteiger partial charge on any atom is -0.497 e. The molecule has 116 valence electrons. The van der Waals surface area contributed by atoms with Crippen molar-refractivity contribution in [3.63, 3.8) is 0 Å². The Morgan fingerprint density at radius 2 is 2.00 bits per heavy atom. The van der Waals surface area contributed by atoms with Gasteiger partial charge in [0.25, 0.3) is 0 Å². The number of nitrogens with two attached hydrogens (primary N) is 2. The summed E-state index contributed by atoms with van der Waals surface area (Å²) in [5, 5.41) is 1.28. The summed E-state index contributed by atoms with van der Waals surface area (Å²) < 4.78 is 9.90. The van der Waals surface area contributed by atoms with Crippen LogP contribution < -0.4 is 22.0 Å². The van der Waals surface area contributed by atoms with Crippen LogP contribution >= 0.6 is 0 Å². The average molecular weight is 295 g/mol. The molecule has 1 atom stereocenters. The van der Waals surface area contributed by atoms with Gasteiger partial charge in [0.05, 0.1) is 27.0 Å². The molecule has 7 nitrogen and oxygen atoms in total. The van der Waals surface area contributed by atoms with Gasteiger partial charge in [0, 0.05) is 6.42 Å². The second kappa shape index (κ2) is 8.25. The van der Waals surface area contributed by atoms with Gasteiger partial charge in [-0.1, -0.05) is 12.1 Å². The van der Waals surface area contributed by atoms with Crippen molar-refractivity contribution in [2.24, 2.45) is 11.6 Å². The molecule has 0 aliphatic carbocycles. The first-order chi connectivity index (χ1) is 10.0. The summed E-state index contributed by atoms with van der Waals surface area (Å²) in [6, 6.07) is 6.76. The molecule has 7 heteroatoms. The van der Waals surface area contributed by atoms with Gasteiger partial charge in [-0.05, 0) is 17.7 Å². The molecule has 7 N–H and O–H groups in total. The van der Waals surface area contributed by atoms with Crippen molar-refractivity contribution >= 4 is 5.97 Å². The summed E-state index contributed by atoms with van der Waals surface area (Å²) in [4.78, 5) is 11.9. The summed E-state index contributed by atoms with van der Waals surface area (Å²) in [7, 11) is 2.93. The third-order valence-electron chi connectivity index (χ3n) is 3.02. The van der Waals surface area contributed by atoms with Gasteiger partial charge in [0.2, 0.25) is 0 Å². The van der Waals surface area contributed by atoms with Crippen LogP contribution in [0.2, 0.25) is 0 Å². The topological polar surface area (TPSA) is 118 Å². The van der Waals surface area contributed by atoms with Crippen molar-refractivity contribution in [2.45, 2.75) is 12.5 Å². The molecule has 0 saturated heterocycles. The predicted octanol–water partition coefficient (Wildman–Crippen LogP) is -1.00. The maximum absolute atomic E-state index is 11.9. The van der Waals surface area contributed by atoms with E-state index < -0.39 is 12.0 Å². The fourth-order valence-corrected chi connectivity index (χ4v) is 1.78. The fourth-order valence-electron chi connectivity index (χ4n) is 1.78. The molecule has 0 unspecified atom stereocenters. The van der Waals surface area contributed by atoms with E-state index in [0.29, 0.717) is 12.1 Å². The maximum atomic E-state index is 11.9. The molecule has 0 aromatic heterocycles. The van der Waals surface area contributed by atoms with Crippen molar-refractivity contribution in [1.82, 2.24) is 5.01 Å². The van der Waals surface area contributed by atoms with Gasteiger partial charge in [-0.25, -0.2) is 10.6 Å². The molecule has 0 amide bonds. The molecular formula is C14H23N4O3+. The van der Waals surface area contributed by atoms with Crippen LogP contribution in [0.3, 0.4) is 0 Å². The summed E-state index contributed by atoms with van der Waals surface area (Å²) in [6.07, 6.45) is 1.95. The fraction of sp³-hybridized carbons (Fsp3) is 0.357. The lowest BCUT2D eigenvalue weighted by Gasteiger charge is -2.24. The molecule has 0 bridgehead atoms. The Labute approximate surface area is 124 Å². The van der Waals surface area contributed by atoms with E-state index in [4.69, 9.17) is 21.1 Å². The molecule has 0 saturated carbocycles. The van der Waals surface area contributed by atoms with Crippen LogP contribution in [0.15, 0.2) is 36.2 Å². The Hall–Kier alpha value is -2.09. The molecular weight excluding hydrogens is 272 g/mol. The Balaban J connectivity index is 2.89. The molecule has 21 heavy (non-hydrogen) atoms. The number of hydrogen-bond acceptors (Lipinski definition) is 6. The maximum Gasteiger partial charge on any atom is 0.330 e. The summed E-state index contributed by atoms with van der Waals surface area (Å²) in [5.41, 5.74) is 10.8. The van der Waals surface area contributed by atoms with Gasteiger partial charge in [0.1, 0.15) is 17.5 Å². The largest absolute Gasteiger partial charge is 0.497 e. The molecule has 0 aliphatic heterocycles. The van der Waals surface area contributed by atoms with E-state index in [1.807, 2.05) is 24.3 Å². The number of esters is 1. The number of carbonyl (C=O) groups is 1. The molecule has 0 fully saturated rings. The summed E-state index contributed by atoms with van der Waals surface area (Å²) in [6.45, 7) is 0.268. The molecule has 0 heterocycles. The minimum atomic E-state index is -0.647. The number of quaternary nitrogens is 1. The van der Waals surface area contributed by atoms with Crippen LogP contribution in [-0.4, -0.2) is 37.8 Å². The third-order valence-corrected chi connectivity index (χ3v) is 3.02. The zero-order valence-electron chi connectivity index (χ0n) is 12.4. The van der Waals surface area contributed by atoms with Crippen LogP contribution in [-0.2, 0) is 16.0 Å². The molecule has 0 radical (unpaired) electrons. The zero-order valence-corrected chi connectivity index (χ0v) is 12.4. The second-order valence-corrected chi connectivity index (χ2v) is 4.53. The number of hydrazine groups is 1. The number of hydrogen-bond donors (Lipinski definition) is 3. The highest BCUT2D eigenvalue weighted by molar-refractivity contribution is 5.76. The predicted molar refractivity (Wildman–Crippen MR) is 78.6 cm³/mol. The summed E-state index contributed by atoms with van der Waals surface area (Å²) >= 11 is 0. The van der Waals surface area contributed by atoms with Crippen LogP contribution in [0.1, 0.15) is 5.56 Å². The number of nitrogens with zero attached hydrogens (tertiary/aromatic N) is 1. The van der Waals surface area contributed by atoms with E-state index in [1.165, 1.54) is 12.1 Å². The summed E-state index contributed by atoms with van der Waals surface area (Å²) in [5.74, 6) is 6.24. The van der Waals surface area contributed by atoms with Crippen molar-refractivity contribution in [3.05, 3.63) is 41.7 Å². The highest BCUT2D eigenvalue weighted by Crippen LogP contribution is 2.14. The van der Waals surface area contributed by atoms with Gasteiger partial charge < -0.3 is 20.9 Å². The zero-order chi connectivity index (χ0) is 15.8. The Bertz CT molecular complexity index is 487. The number of carbonyl (C=O) groups excluding carboxylic acids is 1. The SMILES string of the molecule is COC(=O)[C@H](Cc1ccc(OC)cc1)N(N)/C=C(\[NH3+])CN. The van der Waals surface area contributed by atoms with Gasteiger partial charge in [0.15, 0.2) is 0 Å². The van der Waals surface area contributed by atoms with Gasteiger partial charge in [-0.15, -0.1) is 0 Å². The smallest absolute Gasteiger partial charge is 0.330 e. The number of methoxy groups -OCH3 is 2. The number of ether oxygens (including phenoxy) is 2. The molecule has 1 aromatic rings. The van der Waals surface area contributed by atoms with Crippen LogP contribution in [0.25, 0.3) is 0 Å². The lowest BCUT2D eigenvalue weighted by Crippen LogP contribution is -2.53. The number of rotatable bonds is 7. The van der Waals surface area contributed by atoms with Crippen molar-refractivity contribution in [1.29, 1.82) is 0 Å². The van der Waals surface area contributed by atoms with E-state index >= 15 is 0 Å². The van der Waals surface area contributed by atoms with Crippen LogP contribution in [0.4, 0.5) is 0 Å². The lowest BCUT2D eigenvalue weighted by atomic mass is 10.1. The molecule has 1 rings (SSSR count). The first kappa shape index (κ1) is 17.0. The monoisotopic (exact) mass is 295 g/mol. The molecule has 0 aliphatic rings. The number of benzene rings is 1. The van der Waals surface area contributed by atoms with E-state index in [-0.39, 0.29) is 6.54 Å². The van der Waals surface area contributed by atoms with Crippen molar-refractivity contribution in [2.75, 3.05) is 20.8 Å².